The summed E-state index contributed by atoms with van der Waals surface area (Å²) in [4.78, 5) is 3.84. The number of rotatable bonds is 2. The Morgan fingerprint density at radius 1 is 1.67 bits per heavy atom. The van der Waals surface area contributed by atoms with E-state index in [0.29, 0.717) is 16.8 Å². The van der Waals surface area contributed by atoms with Crippen molar-refractivity contribution in [3.63, 3.8) is 0 Å². The number of aliphatic hydroxyl groups excluding tert-OH is 1. The Morgan fingerprint density at radius 3 is 2.83 bits per heavy atom. The van der Waals surface area contributed by atoms with Gasteiger partial charge in [-0.05, 0) is 6.92 Å². The largest absolute Gasteiger partial charge is 0.505 e. The van der Waals surface area contributed by atoms with Gasteiger partial charge in [0.05, 0.1) is 12.3 Å². The van der Waals surface area contributed by atoms with Gasteiger partial charge in [-0.2, -0.15) is 0 Å². The molecular formula is C8H10N2O2. The van der Waals surface area contributed by atoms with Crippen LogP contribution in [0.25, 0.3) is 0 Å². The number of nitrogens with one attached hydrogen (secondary N) is 1. The molecule has 1 aromatic heterocycles. The second-order valence-corrected chi connectivity index (χ2v) is 2.43. The lowest BCUT2D eigenvalue weighted by Gasteiger charge is -2.05. The zero-order valence-corrected chi connectivity index (χ0v) is 6.70. The van der Waals surface area contributed by atoms with Crippen molar-refractivity contribution in [1.29, 1.82) is 5.41 Å². The SMILES string of the molecule is Cc1ncc(CO)c(C=N)c1O. The van der Waals surface area contributed by atoms with Crippen molar-refractivity contribution in [3.05, 3.63) is 23.0 Å². The molecule has 0 fully saturated rings. The highest BCUT2D eigenvalue weighted by atomic mass is 16.3. The lowest BCUT2D eigenvalue weighted by molar-refractivity contribution is 0.280. The van der Waals surface area contributed by atoms with Crippen LogP contribution in [0.2, 0.25) is 0 Å². The van der Waals surface area contributed by atoms with Crippen molar-refractivity contribution in [2.75, 3.05) is 0 Å². The Morgan fingerprint density at radius 2 is 2.33 bits per heavy atom. The third-order valence-corrected chi connectivity index (χ3v) is 1.67. The number of pyridine rings is 1. The average Bonchev–Trinajstić information content (AvgIpc) is 2.09. The van der Waals surface area contributed by atoms with Crippen LogP contribution >= 0.6 is 0 Å². The number of hydrogen-bond acceptors (Lipinski definition) is 4. The molecule has 0 saturated carbocycles. The van der Waals surface area contributed by atoms with Crippen LogP contribution in [0.5, 0.6) is 5.75 Å². The molecule has 0 spiro atoms. The molecule has 0 radical (unpaired) electrons. The first-order chi connectivity index (χ1) is 5.70. The van der Waals surface area contributed by atoms with E-state index in [1.54, 1.807) is 6.92 Å². The van der Waals surface area contributed by atoms with E-state index < -0.39 is 0 Å². The van der Waals surface area contributed by atoms with Gasteiger partial charge in [0.2, 0.25) is 0 Å². The Kier molecular flexibility index (Phi) is 2.40. The maximum Gasteiger partial charge on any atom is 0.145 e. The van der Waals surface area contributed by atoms with E-state index in [1.807, 2.05) is 0 Å². The fraction of sp³-hybridized carbons (Fsp3) is 0.250. The van der Waals surface area contributed by atoms with Gasteiger partial charge in [0.15, 0.2) is 0 Å². The molecule has 0 saturated heterocycles. The van der Waals surface area contributed by atoms with Crippen LogP contribution in [0.15, 0.2) is 6.20 Å². The predicted octanol–water partition coefficient (Wildman–Crippen LogP) is 0.586. The summed E-state index contributed by atoms with van der Waals surface area (Å²) < 4.78 is 0. The van der Waals surface area contributed by atoms with Crippen LogP contribution in [0.4, 0.5) is 0 Å². The number of nitrogens with zero attached hydrogens (tertiary/aromatic N) is 1. The molecule has 0 bridgehead atoms. The van der Waals surface area contributed by atoms with Crippen LogP contribution in [-0.2, 0) is 6.61 Å². The molecule has 1 heterocycles. The molecule has 3 N–H and O–H groups in total. The van der Waals surface area contributed by atoms with Crippen LogP contribution in [0.1, 0.15) is 16.8 Å². The highest BCUT2D eigenvalue weighted by Gasteiger charge is 2.07. The Hall–Kier alpha value is -1.42. The van der Waals surface area contributed by atoms with E-state index >= 15 is 0 Å². The average molecular weight is 166 g/mol. The van der Waals surface area contributed by atoms with E-state index in [4.69, 9.17) is 10.5 Å². The molecule has 64 valence electrons. The summed E-state index contributed by atoms with van der Waals surface area (Å²) >= 11 is 0. The van der Waals surface area contributed by atoms with Crippen LogP contribution < -0.4 is 0 Å². The fourth-order valence-corrected chi connectivity index (χ4v) is 0.939. The molecule has 0 unspecified atom stereocenters. The van der Waals surface area contributed by atoms with Gasteiger partial charge in [0.25, 0.3) is 0 Å². The summed E-state index contributed by atoms with van der Waals surface area (Å²) in [7, 11) is 0. The Bertz CT molecular complexity index is 310. The zero-order valence-electron chi connectivity index (χ0n) is 6.70. The van der Waals surface area contributed by atoms with Gasteiger partial charge in [-0.25, -0.2) is 0 Å². The summed E-state index contributed by atoms with van der Waals surface area (Å²) in [5, 5.41) is 25.2. The predicted molar refractivity (Wildman–Crippen MR) is 44.4 cm³/mol. The lowest BCUT2D eigenvalue weighted by Crippen LogP contribution is -1.96. The van der Waals surface area contributed by atoms with E-state index in [-0.39, 0.29) is 12.4 Å². The van der Waals surface area contributed by atoms with Gasteiger partial charge in [-0.3, -0.25) is 4.98 Å². The summed E-state index contributed by atoms with van der Waals surface area (Å²) in [5.74, 6) is -0.0310. The van der Waals surface area contributed by atoms with Gasteiger partial charge in [-0.1, -0.05) is 0 Å². The summed E-state index contributed by atoms with van der Waals surface area (Å²) in [6.07, 6.45) is 2.46. The highest BCUT2D eigenvalue weighted by Crippen LogP contribution is 2.21. The minimum absolute atomic E-state index is 0.0310. The van der Waals surface area contributed by atoms with Crippen molar-refractivity contribution >= 4 is 6.21 Å². The normalized spacial score (nSPS) is 9.83. The van der Waals surface area contributed by atoms with Gasteiger partial charge in [0, 0.05) is 23.5 Å². The maximum atomic E-state index is 9.38. The van der Waals surface area contributed by atoms with Crippen LogP contribution in [0, 0.1) is 12.3 Å². The van der Waals surface area contributed by atoms with Gasteiger partial charge in [0.1, 0.15) is 5.75 Å². The third-order valence-electron chi connectivity index (χ3n) is 1.67. The minimum Gasteiger partial charge on any atom is -0.505 e. The summed E-state index contributed by atoms with van der Waals surface area (Å²) in [6.45, 7) is 1.43. The second-order valence-electron chi connectivity index (χ2n) is 2.43. The van der Waals surface area contributed by atoms with Crippen molar-refractivity contribution in [2.24, 2.45) is 0 Å². The van der Waals surface area contributed by atoms with Crippen molar-refractivity contribution in [3.8, 4) is 5.75 Å². The first kappa shape index (κ1) is 8.67. The van der Waals surface area contributed by atoms with E-state index in [2.05, 4.69) is 4.98 Å². The van der Waals surface area contributed by atoms with Gasteiger partial charge >= 0.3 is 0 Å². The minimum atomic E-state index is -0.217. The second kappa shape index (κ2) is 3.32. The van der Waals surface area contributed by atoms with Crippen molar-refractivity contribution in [2.45, 2.75) is 13.5 Å². The fourth-order valence-electron chi connectivity index (χ4n) is 0.939. The monoisotopic (exact) mass is 166 g/mol. The molecule has 4 nitrogen and oxygen atoms in total. The maximum absolute atomic E-state index is 9.38. The zero-order chi connectivity index (χ0) is 9.14. The Labute approximate surface area is 70.0 Å². The molecule has 0 atom stereocenters. The first-order valence-electron chi connectivity index (χ1n) is 3.49. The van der Waals surface area contributed by atoms with Gasteiger partial charge in [-0.15, -0.1) is 0 Å². The van der Waals surface area contributed by atoms with Gasteiger partial charge < -0.3 is 15.6 Å². The molecule has 12 heavy (non-hydrogen) atoms. The highest BCUT2D eigenvalue weighted by molar-refractivity contribution is 5.83. The van der Waals surface area contributed by atoms with Crippen LogP contribution in [-0.4, -0.2) is 21.4 Å². The molecule has 4 heteroatoms. The van der Waals surface area contributed by atoms with Crippen molar-refractivity contribution in [1.82, 2.24) is 4.98 Å². The standard InChI is InChI=1S/C8H10N2O2/c1-5-8(12)7(2-9)6(4-11)3-10-5/h2-3,9,11-12H,4H2,1H3. The molecular weight excluding hydrogens is 156 g/mol. The summed E-state index contributed by atoms with van der Waals surface area (Å²) in [6, 6.07) is 0. The molecule has 0 amide bonds. The molecule has 0 aliphatic rings. The number of hydrogen-bond donors (Lipinski definition) is 3. The number of aryl methyl sites for hydroxylation is 1. The van der Waals surface area contributed by atoms with E-state index in [0.717, 1.165) is 6.21 Å². The number of aliphatic hydroxyl groups is 1. The number of aromatic hydroxyl groups is 1. The molecule has 1 rings (SSSR count). The smallest absolute Gasteiger partial charge is 0.145 e. The molecule has 0 aromatic carbocycles. The van der Waals surface area contributed by atoms with Crippen molar-refractivity contribution < 1.29 is 10.2 Å². The van der Waals surface area contributed by atoms with E-state index in [9.17, 15) is 5.11 Å². The van der Waals surface area contributed by atoms with E-state index in [1.165, 1.54) is 6.20 Å². The quantitative estimate of drug-likeness (QED) is 0.562. The molecule has 0 aliphatic heterocycles. The number of aromatic nitrogens is 1. The Balaban J connectivity index is 3.35. The first-order valence-corrected chi connectivity index (χ1v) is 3.49. The lowest BCUT2D eigenvalue weighted by atomic mass is 10.1. The summed E-state index contributed by atoms with van der Waals surface area (Å²) in [5.41, 5.74) is 1.27. The molecule has 0 aliphatic carbocycles. The van der Waals surface area contributed by atoms with Crippen LogP contribution in [0.3, 0.4) is 0 Å². The topological polar surface area (TPSA) is 77.2 Å². The third kappa shape index (κ3) is 1.29. The molecule has 1 aromatic rings.